The number of carbonyl (C=O) groups is 3. The molecule has 1 aliphatic rings. The highest BCUT2D eigenvalue weighted by atomic mass is 32.1. The standard InChI is InChI=1S/C14H12N4O3S/c1-7(19)17-14-18-9-3-2-8(12(21)13(9)22-14)11(20)10-6-15-4-5-16-10/h4-6,8H,2-3H2,1H3,(H,17,18,19). The van der Waals surface area contributed by atoms with Crippen LogP contribution >= 0.6 is 11.3 Å². The number of aryl methyl sites for hydroxylation is 1. The van der Waals surface area contributed by atoms with Crippen molar-refractivity contribution in [2.75, 3.05) is 5.32 Å². The van der Waals surface area contributed by atoms with E-state index >= 15 is 0 Å². The molecule has 1 atom stereocenters. The first-order valence-corrected chi connectivity index (χ1v) is 7.49. The Morgan fingerprint density at radius 2 is 2.18 bits per heavy atom. The van der Waals surface area contributed by atoms with Gasteiger partial charge in [0.1, 0.15) is 5.69 Å². The van der Waals surface area contributed by atoms with Crippen molar-refractivity contribution in [1.29, 1.82) is 0 Å². The minimum absolute atomic E-state index is 0.191. The van der Waals surface area contributed by atoms with Crippen molar-refractivity contribution in [3.63, 3.8) is 0 Å². The van der Waals surface area contributed by atoms with Crippen molar-refractivity contribution in [2.24, 2.45) is 5.92 Å². The van der Waals surface area contributed by atoms with Crippen LogP contribution in [0.1, 0.15) is 39.2 Å². The summed E-state index contributed by atoms with van der Waals surface area (Å²) in [6.45, 7) is 1.38. The van der Waals surface area contributed by atoms with Crippen LogP contribution in [0.2, 0.25) is 0 Å². The summed E-state index contributed by atoms with van der Waals surface area (Å²) in [5, 5.41) is 2.95. The van der Waals surface area contributed by atoms with Gasteiger partial charge in [-0.15, -0.1) is 0 Å². The lowest BCUT2D eigenvalue weighted by molar-refractivity contribution is -0.114. The van der Waals surface area contributed by atoms with Gasteiger partial charge in [-0.05, 0) is 12.8 Å². The zero-order valence-electron chi connectivity index (χ0n) is 11.7. The molecule has 0 fully saturated rings. The number of ketones is 2. The number of hydrogen-bond donors (Lipinski definition) is 1. The minimum atomic E-state index is -0.755. The van der Waals surface area contributed by atoms with Gasteiger partial charge in [0, 0.05) is 19.3 Å². The van der Waals surface area contributed by atoms with Crippen LogP contribution in [-0.2, 0) is 11.2 Å². The topological polar surface area (TPSA) is 102 Å². The summed E-state index contributed by atoms with van der Waals surface area (Å²) in [6.07, 6.45) is 5.17. The normalized spacial score (nSPS) is 17.0. The molecule has 0 saturated heterocycles. The summed E-state index contributed by atoms with van der Waals surface area (Å²) in [5.74, 6) is -1.58. The second-order valence-electron chi connectivity index (χ2n) is 4.89. The number of nitrogens with zero attached hydrogens (tertiary/aromatic N) is 3. The highest BCUT2D eigenvalue weighted by Gasteiger charge is 2.36. The van der Waals surface area contributed by atoms with Crippen LogP contribution < -0.4 is 5.32 Å². The lowest BCUT2D eigenvalue weighted by atomic mass is 9.85. The molecular weight excluding hydrogens is 304 g/mol. The predicted molar refractivity (Wildman–Crippen MR) is 78.9 cm³/mol. The van der Waals surface area contributed by atoms with Crippen LogP contribution in [0.15, 0.2) is 18.6 Å². The van der Waals surface area contributed by atoms with E-state index in [9.17, 15) is 14.4 Å². The van der Waals surface area contributed by atoms with Gasteiger partial charge in [0.15, 0.2) is 16.7 Å². The van der Waals surface area contributed by atoms with Crippen molar-refractivity contribution in [3.05, 3.63) is 34.9 Å². The average molecular weight is 316 g/mol. The third-order valence-electron chi connectivity index (χ3n) is 3.32. The van der Waals surface area contributed by atoms with Crippen molar-refractivity contribution in [1.82, 2.24) is 15.0 Å². The van der Waals surface area contributed by atoms with Crippen LogP contribution in [0.4, 0.5) is 5.13 Å². The number of amides is 1. The SMILES string of the molecule is CC(=O)Nc1nc2c(s1)C(=O)C(C(=O)c1cnccn1)CC2. The molecule has 2 aromatic heterocycles. The quantitative estimate of drug-likeness (QED) is 0.680. The summed E-state index contributed by atoms with van der Waals surface area (Å²) in [5.41, 5.74) is 0.831. The Morgan fingerprint density at radius 1 is 1.36 bits per heavy atom. The zero-order chi connectivity index (χ0) is 15.7. The van der Waals surface area contributed by atoms with Gasteiger partial charge < -0.3 is 5.32 Å². The Morgan fingerprint density at radius 3 is 2.86 bits per heavy atom. The molecule has 1 aliphatic carbocycles. The van der Waals surface area contributed by atoms with Gasteiger partial charge in [-0.2, -0.15) is 0 Å². The molecule has 8 heteroatoms. The van der Waals surface area contributed by atoms with Crippen LogP contribution in [0.5, 0.6) is 0 Å². The Balaban J connectivity index is 1.86. The molecule has 1 amide bonds. The molecule has 1 unspecified atom stereocenters. The maximum Gasteiger partial charge on any atom is 0.223 e. The highest BCUT2D eigenvalue weighted by Crippen LogP contribution is 2.33. The number of aromatic nitrogens is 3. The van der Waals surface area contributed by atoms with Gasteiger partial charge in [-0.3, -0.25) is 19.4 Å². The zero-order valence-corrected chi connectivity index (χ0v) is 12.5. The number of nitrogens with one attached hydrogen (secondary N) is 1. The van der Waals surface area contributed by atoms with Gasteiger partial charge in [0.05, 0.1) is 22.7 Å². The Bertz CT molecular complexity index is 757. The highest BCUT2D eigenvalue weighted by molar-refractivity contribution is 7.17. The third-order valence-corrected chi connectivity index (χ3v) is 4.35. The van der Waals surface area contributed by atoms with E-state index in [1.807, 2.05) is 0 Å². The van der Waals surface area contributed by atoms with E-state index in [1.165, 1.54) is 25.5 Å². The number of thiazole rings is 1. The number of hydrogen-bond acceptors (Lipinski definition) is 7. The van der Waals surface area contributed by atoms with Crippen molar-refractivity contribution >= 4 is 33.9 Å². The van der Waals surface area contributed by atoms with E-state index in [0.717, 1.165) is 11.3 Å². The molecule has 3 rings (SSSR count). The van der Waals surface area contributed by atoms with Gasteiger partial charge >= 0.3 is 0 Å². The molecule has 7 nitrogen and oxygen atoms in total. The Kier molecular flexibility index (Phi) is 3.76. The molecule has 0 radical (unpaired) electrons. The van der Waals surface area contributed by atoms with E-state index in [4.69, 9.17) is 0 Å². The number of anilines is 1. The van der Waals surface area contributed by atoms with Crippen LogP contribution in [-0.4, -0.2) is 32.4 Å². The molecule has 0 bridgehead atoms. The molecule has 2 aromatic rings. The molecule has 22 heavy (non-hydrogen) atoms. The van der Waals surface area contributed by atoms with Gasteiger partial charge in [-0.1, -0.05) is 11.3 Å². The molecule has 1 N–H and O–H groups in total. The lowest BCUT2D eigenvalue weighted by Crippen LogP contribution is -2.29. The third kappa shape index (κ3) is 2.64. The molecule has 0 spiro atoms. The van der Waals surface area contributed by atoms with Crippen LogP contribution in [0, 0.1) is 5.92 Å². The number of fused-ring (bicyclic) bond motifs is 1. The van der Waals surface area contributed by atoms with Gasteiger partial charge in [0.2, 0.25) is 5.91 Å². The molecule has 2 heterocycles. The molecule has 0 aliphatic heterocycles. The summed E-state index contributed by atoms with van der Waals surface area (Å²) in [4.78, 5) is 48.5. The second kappa shape index (κ2) is 5.72. The monoisotopic (exact) mass is 316 g/mol. The lowest BCUT2D eigenvalue weighted by Gasteiger charge is -2.17. The Labute approximate surface area is 129 Å². The van der Waals surface area contributed by atoms with E-state index in [-0.39, 0.29) is 23.2 Å². The van der Waals surface area contributed by atoms with E-state index in [1.54, 1.807) is 0 Å². The summed E-state index contributed by atoms with van der Waals surface area (Å²) in [7, 11) is 0. The van der Waals surface area contributed by atoms with Crippen LogP contribution in [0.3, 0.4) is 0 Å². The van der Waals surface area contributed by atoms with Gasteiger partial charge in [-0.25, -0.2) is 9.97 Å². The summed E-state index contributed by atoms with van der Waals surface area (Å²) >= 11 is 1.11. The second-order valence-corrected chi connectivity index (χ2v) is 5.89. The summed E-state index contributed by atoms with van der Waals surface area (Å²) in [6, 6.07) is 0. The number of carbonyl (C=O) groups excluding carboxylic acids is 3. The van der Waals surface area contributed by atoms with Crippen molar-refractivity contribution in [3.8, 4) is 0 Å². The average Bonchev–Trinajstić information content (AvgIpc) is 2.90. The van der Waals surface area contributed by atoms with Crippen molar-refractivity contribution in [2.45, 2.75) is 19.8 Å². The fraction of sp³-hybridized carbons (Fsp3) is 0.286. The number of rotatable bonds is 3. The maximum atomic E-state index is 12.5. The molecule has 0 saturated carbocycles. The van der Waals surface area contributed by atoms with E-state index in [0.29, 0.717) is 28.5 Å². The van der Waals surface area contributed by atoms with Crippen molar-refractivity contribution < 1.29 is 14.4 Å². The fourth-order valence-corrected chi connectivity index (χ4v) is 3.40. The number of Topliss-reactive ketones (excluding diaryl/α,β-unsaturated/α-hetero) is 2. The van der Waals surface area contributed by atoms with Crippen LogP contribution in [0.25, 0.3) is 0 Å². The maximum absolute atomic E-state index is 12.5. The van der Waals surface area contributed by atoms with E-state index in [2.05, 4.69) is 20.3 Å². The first-order valence-electron chi connectivity index (χ1n) is 6.68. The fourth-order valence-electron chi connectivity index (χ4n) is 2.34. The Hall–Kier alpha value is -2.48. The minimum Gasteiger partial charge on any atom is -0.302 e. The first-order chi connectivity index (χ1) is 10.6. The first kappa shape index (κ1) is 14.5. The van der Waals surface area contributed by atoms with Gasteiger partial charge in [0.25, 0.3) is 0 Å². The smallest absolute Gasteiger partial charge is 0.223 e. The molecular formula is C14H12N4O3S. The molecule has 0 aromatic carbocycles. The molecule has 112 valence electrons. The van der Waals surface area contributed by atoms with E-state index < -0.39 is 5.92 Å². The largest absolute Gasteiger partial charge is 0.302 e. The summed E-state index contributed by atoms with van der Waals surface area (Å²) < 4.78 is 0. The predicted octanol–water partition coefficient (Wildman–Crippen LogP) is 1.52.